The van der Waals surface area contributed by atoms with E-state index in [0.717, 1.165) is 17.1 Å². The second-order valence-electron chi connectivity index (χ2n) is 4.75. The van der Waals surface area contributed by atoms with Crippen LogP contribution in [0.25, 0.3) is 11.3 Å². The van der Waals surface area contributed by atoms with Gasteiger partial charge in [0.15, 0.2) is 0 Å². The molecule has 0 aliphatic heterocycles. The van der Waals surface area contributed by atoms with Crippen LogP contribution in [0.1, 0.15) is 5.76 Å². The van der Waals surface area contributed by atoms with Crippen LogP contribution in [-0.2, 0) is 6.42 Å². The highest BCUT2D eigenvalue weighted by Gasteiger charge is 2.03. The molecule has 7 heteroatoms. The van der Waals surface area contributed by atoms with E-state index in [9.17, 15) is 0 Å². The molecule has 0 aliphatic carbocycles. The molecule has 0 amide bonds. The van der Waals surface area contributed by atoms with Crippen LogP contribution in [0.5, 0.6) is 5.75 Å². The highest BCUT2D eigenvalue weighted by Crippen LogP contribution is 2.20. The molecule has 0 saturated heterocycles. The Morgan fingerprint density at radius 3 is 2.83 bits per heavy atom. The third-order valence-corrected chi connectivity index (χ3v) is 3.15. The molecule has 0 unspecified atom stereocenters. The Morgan fingerprint density at radius 1 is 1.21 bits per heavy atom. The molecular formula is C17H15N5O2. The topological polar surface area (TPSA) is 85.8 Å². The largest absolute Gasteiger partial charge is 0.497 e. The Hall–Kier alpha value is -3.35. The zero-order valence-electron chi connectivity index (χ0n) is 13.0. The first kappa shape index (κ1) is 15.5. The maximum absolute atomic E-state index is 5.21. The number of nitrogens with zero attached hydrogens (tertiary/aromatic N) is 5. The van der Waals surface area contributed by atoms with Gasteiger partial charge in [-0.2, -0.15) is 10.2 Å². The number of aromatic nitrogens is 3. The maximum atomic E-state index is 5.21. The molecule has 120 valence electrons. The van der Waals surface area contributed by atoms with Crippen LogP contribution in [0, 0.1) is 0 Å². The summed E-state index contributed by atoms with van der Waals surface area (Å²) in [6.07, 6.45) is 7.27. The molecule has 2 heterocycles. The van der Waals surface area contributed by atoms with Gasteiger partial charge in [0.25, 0.3) is 5.95 Å². The lowest BCUT2D eigenvalue weighted by molar-refractivity contribution is 0.415. The van der Waals surface area contributed by atoms with Gasteiger partial charge < -0.3 is 9.15 Å². The number of methoxy groups -OCH3 is 1. The van der Waals surface area contributed by atoms with Gasteiger partial charge in [-0.25, -0.2) is 4.98 Å². The molecule has 0 spiro atoms. The van der Waals surface area contributed by atoms with Crippen LogP contribution < -0.4 is 4.74 Å². The van der Waals surface area contributed by atoms with Gasteiger partial charge in [-0.3, -0.25) is 0 Å². The van der Waals surface area contributed by atoms with Crippen LogP contribution in [0.2, 0.25) is 0 Å². The van der Waals surface area contributed by atoms with Gasteiger partial charge in [-0.1, -0.05) is 6.08 Å². The molecule has 0 radical (unpaired) electrons. The quantitative estimate of drug-likeness (QED) is 0.641. The normalized spacial score (nSPS) is 11.4. The van der Waals surface area contributed by atoms with Crippen LogP contribution >= 0.6 is 0 Å². The molecule has 24 heavy (non-hydrogen) atoms. The first-order valence-electron chi connectivity index (χ1n) is 7.27. The number of benzene rings is 1. The van der Waals surface area contributed by atoms with Crippen molar-refractivity contribution in [2.45, 2.75) is 6.42 Å². The number of rotatable bonds is 6. The minimum atomic E-state index is 0.200. The van der Waals surface area contributed by atoms with Crippen molar-refractivity contribution in [2.24, 2.45) is 10.2 Å². The summed E-state index contributed by atoms with van der Waals surface area (Å²) in [5, 5.41) is 15.6. The van der Waals surface area contributed by atoms with E-state index in [1.807, 2.05) is 42.5 Å². The van der Waals surface area contributed by atoms with Crippen molar-refractivity contribution in [1.29, 1.82) is 0 Å². The monoisotopic (exact) mass is 321 g/mol. The lowest BCUT2D eigenvalue weighted by Gasteiger charge is -2.02. The Labute approximate surface area is 138 Å². The lowest BCUT2D eigenvalue weighted by Crippen LogP contribution is -1.90. The summed E-state index contributed by atoms with van der Waals surface area (Å²) >= 11 is 0. The summed E-state index contributed by atoms with van der Waals surface area (Å²) in [6.45, 7) is 0. The van der Waals surface area contributed by atoms with Gasteiger partial charge in [0, 0.05) is 18.2 Å². The van der Waals surface area contributed by atoms with Gasteiger partial charge in [-0.15, -0.1) is 10.2 Å². The van der Waals surface area contributed by atoms with Crippen molar-refractivity contribution in [2.75, 3.05) is 7.11 Å². The summed E-state index contributed by atoms with van der Waals surface area (Å²) in [4.78, 5) is 4.32. The van der Waals surface area contributed by atoms with Gasteiger partial charge in [-0.05, 0) is 36.4 Å². The zero-order chi connectivity index (χ0) is 16.6. The number of ether oxygens (including phenoxy) is 1. The van der Waals surface area contributed by atoms with E-state index in [2.05, 4.69) is 25.4 Å². The van der Waals surface area contributed by atoms with Crippen molar-refractivity contribution < 1.29 is 9.15 Å². The maximum Gasteiger partial charge on any atom is 0.288 e. The second-order valence-corrected chi connectivity index (χ2v) is 4.75. The van der Waals surface area contributed by atoms with Gasteiger partial charge in [0.05, 0.1) is 25.3 Å². The van der Waals surface area contributed by atoms with E-state index in [4.69, 9.17) is 9.15 Å². The number of hydrogen-bond donors (Lipinski definition) is 0. The molecule has 0 N–H and O–H groups in total. The SMILES string of the molecule is COc1ccc(-c2cnnc(N=N/C=C/Cc3ccco3)n2)cc1. The van der Waals surface area contributed by atoms with Crippen LogP contribution in [0.4, 0.5) is 5.95 Å². The molecule has 7 nitrogen and oxygen atoms in total. The second kappa shape index (κ2) is 7.77. The van der Waals surface area contributed by atoms with Gasteiger partial charge in [0.2, 0.25) is 0 Å². The van der Waals surface area contributed by atoms with Crippen molar-refractivity contribution in [3.8, 4) is 17.0 Å². The number of furan rings is 1. The third-order valence-electron chi connectivity index (χ3n) is 3.15. The Bertz CT molecular complexity index is 826. The van der Waals surface area contributed by atoms with Crippen LogP contribution in [-0.4, -0.2) is 22.3 Å². The van der Waals surface area contributed by atoms with Gasteiger partial charge in [0.1, 0.15) is 11.5 Å². The van der Waals surface area contributed by atoms with E-state index >= 15 is 0 Å². The average molecular weight is 321 g/mol. The Kier molecular flexibility index (Phi) is 5.03. The van der Waals surface area contributed by atoms with Crippen molar-refractivity contribution >= 4 is 5.95 Å². The predicted molar refractivity (Wildman–Crippen MR) is 87.9 cm³/mol. The zero-order valence-corrected chi connectivity index (χ0v) is 13.0. The van der Waals surface area contributed by atoms with E-state index in [-0.39, 0.29) is 5.95 Å². The summed E-state index contributed by atoms with van der Waals surface area (Å²) in [5.41, 5.74) is 1.57. The fourth-order valence-electron chi connectivity index (χ4n) is 1.97. The van der Waals surface area contributed by atoms with Crippen molar-refractivity contribution in [1.82, 2.24) is 15.2 Å². The Balaban J connectivity index is 1.66. The molecule has 0 aliphatic rings. The summed E-state index contributed by atoms with van der Waals surface area (Å²) in [7, 11) is 1.62. The molecule has 1 aromatic carbocycles. The molecular weight excluding hydrogens is 306 g/mol. The Morgan fingerprint density at radius 2 is 2.08 bits per heavy atom. The fourth-order valence-corrected chi connectivity index (χ4v) is 1.97. The molecule has 0 saturated carbocycles. The number of azo groups is 1. The fraction of sp³-hybridized carbons (Fsp3) is 0.118. The highest BCUT2D eigenvalue weighted by molar-refractivity contribution is 5.59. The summed E-state index contributed by atoms with van der Waals surface area (Å²) < 4.78 is 10.3. The van der Waals surface area contributed by atoms with Crippen LogP contribution in [0.15, 0.2) is 75.8 Å². The molecule has 2 aromatic heterocycles. The highest BCUT2D eigenvalue weighted by atomic mass is 16.5. The van der Waals surface area contributed by atoms with E-state index in [1.165, 1.54) is 0 Å². The molecule has 0 fully saturated rings. The minimum Gasteiger partial charge on any atom is -0.497 e. The van der Waals surface area contributed by atoms with Crippen molar-refractivity contribution in [3.63, 3.8) is 0 Å². The molecule has 3 aromatic rings. The van der Waals surface area contributed by atoms with E-state index in [0.29, 0.717) is 12.1 Å². The smallest absolute Gasteiger partial charge is 0.288 e. The third kappa shape index (κ3) is 4.10. The van der Waals surface area contributed by atoms with Gasteiger partial charge >= 0.3 is 0 Å². The average Bonchev–Trinajstić information content (AvgIpc) is 3.15. The first-order valence-corrected chi connectivity index (χ1v) is 7.27. The first-order chi connectivity index (χ1) is 11.8. The standard InChI is InChI=1S/C17H15N5O2/c1-23-14-8-6-13(7-9-14)16-12-19-22-17(20-16)21-18-10-2-4-15-5-3-11-24-15/h2-3,5-12H,4H2,1H3/b10-2+,21-18?. The van der Waals surface area contributed by atoms with E-state index < -0.39 is 0 Å². The molecule has 0 atom stereocenters. The van der Waals surface area contributed by atoms with Crippen molar-refractivity contribution in [3.05, 3.63) is 66.9 Å². The predicted octanol–water partition coefficient (Wildman–Crippen LogP) is 3.98. The summed E-state index contributed by atoms with van der Waals surface area (Å²) in [6, 6.07) is 11.2. The molecule has 0 bridgehead atoms. The number of allylic oxidation sites excluding steroid dienone is 1. The molecule has 3 rings (SSSR count). The van der Waals surface area contributed by atoms with Crippen LogP contribution in [0.3, 0.4) is 0 Å². The lowest BCUT2D eigenvalue weighted by atomic mass is 10.1. The minimum absolute atomic E-state index is 0.200. The summed E-state index contributed by atoms with van der Waals surface area (Å²) in [5.74, 6) is 1.84. The number of hydrogen-bond acceptors (Lipinski definition) is 7. The van der Waals surface area contributed by atoms with E-state index in [1.54, 1.807) is 25.8 Å².